The maximum atomic E-state index is 13.3. The normalized spacial score (nSPS) is 13.6. The van der Waals surface area contributed by atoms with Crippen molar-refractivity contribution in [1.29, 1.82) is 0 Å². The average molecular weight is 429 g/mol. The number of hydrogen-bond acceptors (Lipinski definition) is 5. The lowest BCUT2D eigenvalue weighted by Gasteiger charge is -2.25. The topological polar surface area (TPSA) is 110 Å². The van der Waals surface area contributed by atoms with E-state index in [1.807, 2.05) is 25.1 Å². The predicted molar refractivity (Wildman–Crippen MR) is 117 cm³/mol. The van der Waals surface area contributed by atoms with Gasteiger partial charge in [0.05, 0.1) is 16.1 Å². The Bertz CT molecular complexity index is 1220. The van der Waals surface area contributed by atoms with Crippen LogP contribution in [0.4, 0.5) is 11.4 Å². The molecule has 0 radical (unpaired) electrons. The van der Waals surface area contributed by atoms with Crippen LogP contribution in [0.5, 0.6) is 0 Å². The molecule has 1 unspecified atom stereocenters. The van der Waals surface area contributed by atoms with Crippen LogP contribution in [0.1, 0.15) is 31.8 Å². The van der Waals surface area contributed by atoms with Gasteiger partial charge in [-0.25, -0.2) is 0 Å². The van der Waals surface area contributed by atoms with Gasteiger partial charge in [-0.15, -0.1) is 0 Å². The number of fused-ring (bicyclic) bond motifs is 1. The molecular weight excluding hydrogens is 410 g/mol. The number of rotatable bonds is 6. The zero-order chi connectivity index (χ0) is 22.8. The van der Waals surface area contributed by atoms with Crippen LogP contribution in [-0.2, 0) is 11.2 Å². The number of para-hydroxylation sites is 2. The summed E-state index contributed by atoms with van der Waals surface area (Å²) in [5.41, 5.74) is 1.88. The van der Waals surface area contributed by atoms with Gasteiger partial charge in [-0.3, -0.25) is 29.4 Å². The number of nitro benzene ring substituents is 1. The highest BCUT2D eigenvalue weighted by atomic mass is 16.6. The first-order valence-corrected chi connectivity index (χ1v) is 9.93. The Balaban J connectivity index is 1.72. The number of aryl methyl sites for hydroxylation is 1. The second-order valence-electron chi connectivity index (χ2n) is 7.50. The van der Waals surface area contributed by atoms with E-state index >= 15 is 0 Å². The lowest BCUT2D eigenvalue weighted by atomic mass is 10.0. The van der Waals surface area contributed by atoms with Crippen molar-refractivity contribution in [3.8, 4) is 0 Å². The molecule has 0 bridgehead atoms. The molecule has 4 rings (SSSR count). The molecule has 160 valence electrons. The molecule has 0 spiro atoms. The Kier molecular flexibility index (Phi) is 5.51. The first kappa shape index (κ1) is 20.9. The molecule has 1 aliphatic heterocycles. The van der Waals surface area contributed by atoms with Gasteiger partial charge in [0.25, 0.3) is 17.5 Å². The Morgan fingerprint density at radius 3 is 2.22 bits per heavy atom. The minimum Gasteiger partial charge on any atom is -0.319 e. The number of nitrogens with zero attached hydrogens (tertiary/aromatic N) is 2. The van der Waals surface area contributed by atoms with Gasteiger partial charge < -0.3 is 5.32 Å². The van der Waals surface area contributed by atoms with E-state index in [0.717, 1.165) is 16.0 Å². The number of hydrogen-bond donors (Lipinski definition) is 1. The average Bonchev–Trinajstić information content (AvgIpc) is 3.03. The molecule has 0 saturated carbocycles. The molecule has 1 heterocycles. The van der Waals surface area contributed by atoms with Gasteiger partial charge in [-0.05, 0) is 30.7 Å². The SMILES string of the molecule is Cc1cccc(CC(C(=O)Nc2ccccc2[N+](=O)[O-])N2C(=O)c3ccccc3C2=O)c1. The van der Waals surface area contributed by atoms with E-state index in [-0.39, 0.29) is 28.9 Å². The fourth-order valence-electron chi connectivity index (χ4n) is 3.81. The summed E-state index contributed by atoms with van der Waals surface area (Å²) in [7, 11) is 0. The second-order valence-corrected chi connectivity index (χ2v) is 7.50. The molecule has 0 aliphatic carbocycles. The zero-order valence-electron chi connectivity index (χ0n) is 17.1. The van der Waals surface area contributed by atoms with Crippen LogP contribution in [0.25, 0.3) is 0 Å². The number of imide groups is 1. The van der Waals surface area contributed by atoms with Crippen LogP contribution < -0.4 is 5.32 Å². The van der Waals surface area contributed by atoms with Crippen LogP contribution >= 0.6 is 0 Å². The van der Waals surface area contributed by atoms with Gasteiger partial charge in [0.2, 0.25) is 5.91 Å². The number of carbonyl (C=O) groups excluding carboxylic acids is 3. The third-order valence-corrected chi connectivity index (χ3v) is 5.31. The fourth-order valence-corrected chi connectivity index (χ4v) is 3.81. The van der Waals surface area contributed by atoms with Gasteiger partial charge in [0.1, 0.15) is 11.7 Å². The van der Waals surface area contributed by atoms with Crippen molar-refractivity contribution < 1.29 is 19.3 Å². The highest BCUT2D eigenvalue weighted by Gasteiger charge is 2.43. The highest BCUT2D eigenvalue weighted by molar-refractivity contribution is 6.23. The number of nitro groups is 1. The molecule has 3 aromatic rings. The summed E-state index contributed by atoms with van der Waals surface area (Å²) in [5.74, 6) is -1.82. The van der Waals surface area contributed by atoms with Crippen LogP contribution in [0.15, 0.2) is 72.8 Å². The molecular formula is C24H19N3O5. The first-order valence-electron chi connectivity index (χ1n) is 9.93. The third kappa shape index (κ3) is 3.85. The predicted octanol–water partition coefficient (Wildman–Crippen LogP) is 3.75. The lowest BCUT2D eigenvalue weighted by Crippen LogP contribution is -2.48. The molecule has 1 N–H and O–H groups in total. The van der Waals surface area contributed by atoms with Crippen molar-refractivity contribution >= 4 is 29.1 Å². The van der Waals surface area contributed by atoms with Crippen molar-refractivity contribution in [1.82, 2.24) is 4.90 Å². The Morgan fingerprint density at radius 2 is 1.59 bits per heavy atom. The molecule has 1 aliphatic rings. The first-order chi connectivity index (χ1) is 15.4. The summed E-state index contributed by atoms with van der Waals surface area (Å²) in [6, 6.07) is 18.3. The molecule has 32 heavy (non-hydrogen) atoms. The zero-order valence-corrected chi connectivity index (χ0v) is 17.1. The molecule has 0 aromatic heterocycles. The lowest BCUT2D eigenvalue weighted by molar-refractivity contribution is -0.383. The monoisotopic (exact) mass is 429 g/mol. The largest absolute Gasteiger partial charge is 0.319 e. The fraction of sp³-hybridized carbons (Fsp3) is 0.125. The number of benzene rings is 3. The molecule has 8 nitrogen and oxygen atoms in total. The third-order valence-electron chi connectivity index (χ3n) is 5.31. The van der Waals surface area contributed by atoms with Gasteiger partial charge >= 0.3 is 0 Å². The maximum absolute atomic E-state index is 13.3. The molecule has 0 saturated heterocycles. The Labute approximate surface area is 183 Å². The minimum absolute atomic E-state index is 0.00616. The van der Waals surface area contributed by atoms with E-state index in [1.165, 1.54) is 18.2 Å². The van der Waals surface area contributed by atoms with E-state index in [1.54, 1.807) is 36.4 Å². The van der Waals surface area contributed by atoms with Crippen LogP contribution in [0.2, 0.25) is 0 Å². The molecule has 8 heteroatoms. The van der Waals surface area contributed by atoms with Crippen LogP contribution in [0.3, 0.4) is 0 Å². The summed E-state index contributed by atoms with van der Waals surface area (Å²) < 4.78 is 0. The second kappa shape index (κ2) is 8.43. The van der Waals surface area contributed by atoms with Gasteiger partial charge in [0.15, 0.2) is 0 Å². The summed E-state index contributed by atoms with van der Waals surface area (Å²) in [4.78, 5) is 51.1. The number of anilines is 1. The molecule has 3 aromatic carbocycles. The van der Waals surface area contributed by atoms with Crippen molar-refractivity contribution in [2.45, 2.75) is 19.4 Å². The standard InChI is InChI=1S/C24H19N3O5/c1-15-7-6-8-16(13-15)14-21(22(28)25-19-11-4-5-12-20(19)27(31)32)26-23(29)17-9-2-3-10-18(17)24(26)30/h2-13,21H,14H2,1H3,(H,25,28). The maximum Gasteiger partial charge on any atom is 0.292 e. The van der Waals surface area contributed by atoms with E-state index in [2.05, 4.69) is 5.32 Å². The van der Waals surface area contributed by atoms with E-state index in [9.17, 15) is 24.5 Å². The van der Waals surface area contributed by atoms with Crippen molar-refractivity contribution in [2.24, 2.45) is 0 Å². The highest BCUT2D eigenvalue weighted by Crippen LogP contribution is 2.28. The van der Waals surface area contributed by atoms with Crippen LogP contribution in [-0.4, -0.2) is 33.6 Å². The summed E-state index contributed by atoms with van der Waals surface area (Å²) in [5, 5.41) is 13.9. The quantitative estimate of drug-likeness (QED) is 0.365. The number of amides is 3. The van der Waals surface area contributed by atoms with E-state index in [0.29, 0.717) is 0 Å². The van der Waals surface area contributed by atoms with Gasteiger partial charge in [0, 0.05) is 12.5 Å². The molecule has 3 amide bonds. The summed E-state index contributed by atoms with van der Waals surface area (Å²) >= 11 is 0. The number of carbonyl (C=O) groups is 3. The van der Waals surface area contributed by atoms with Crippen molar-refractivity contribution in [3.05, 3.63) is 105 Å². The van der Waals surface area contributed by atoms with E-state index in [4.69, 9.17) is 0 Å². The van der Waals surface area contributed by atoms with E-state index < -0.39 is 28.7 Å². The summed E-state index contributed by atoms with van der Waals surface area (Å²) in [6.45, 7) is 1.90. The molecule has 1 atom stereocenters. The van der Waals surface area contributed by atoms with Crippen molar-refractivity contribution in [3.63, 3.8) is 0 Å². The van der Waals surface area contributed by atoms with Gasteiger partial charge in [-0.2, -0.15) is 0 Å². The van der Waals surface area contributed by atoms with Gasteiger partial charge in [-0.1, -0.05) is 54.1 Å². The van der Waals surface area contributed by atoms with Crippen molar-refractivity contribution in [2.75, 3.05) is 5.32 Å². The Morgan fingerprint density at radius 1 is 0.969 bits per heavy atom. The smallest absolute Gasteiger partial charge is 0.292 e. The summed E-state index contributed by atoms with van der Waals surface area (Å²) in [6.07, 6.45) is 0.0691. The number of nitrogens with one attached hydrogen (secondary N) is 1. The molecule has 0 fully saturated rings. The van der Waals surface area contributed by atoms with Crippen LogP contribution in [0, 0.1) is 17.0 Å². The minimum atomic E-state index is -1.19. The Hall–Kier alpha value is -4.33.